The second-order valence-corrected chi connectivity index (χ2v) is 9.65. The normalized spacial score (nSPS) is 20.1. The molecule has 3 rings (SSSR count). The zero-order chi connectivity index (χ0) is 21.0. The van der Waals surface area contributed by atoms with Crippen molar-refractivity contribution in [2.24, 2.45) is 0 Å². The van der Waals surface area contributed by atoms with Gasteiger partial charge in [-0.2, -0.15) is 4.31 Å². The van der Waals surface area contributed by atoms with Crippen LogP contribution in [-0.2, 0) is 26.1 Å². The molecule has 8 heteroatoms. The van der Waals surface area contributed by atoms with Gasteiger partial charge in [0, 0.05) is 24.7 Å². The maximum Gasteiger partial charge on any atom is 0.243 e. The van der Waals surface area contributed by atoms with E-state index in [4.69, 9.17) is 16.3 Å². The maximum atomic E-state index is 13.3. The van der Waals surface area contributed by atoms with Crippen molar-refractivity contribution in [1.82, 2.24) is 9.21 Å². The van der Waals surface area contributed by atoms with Crippen LogP contribution in [0.4, 0.5) is 0 Å². The minimum Gasteiger partial charge on any atom is -0.372 e. The third-order valence-electron chi connectivity index (χ3n) is 4.72. The zero-order valence-electron chi connectivity index (χ0n) is 16.5. The molecule has 1 saturated heterocycles. The van der Waals surface area contributed by atoms with Crippen molar-refractivity contribution in [3.05, 3.63) is 65.2 Å². The van der Waals surface area contributed by atoms with Gasteiger partial charge in [0.05, 0.1) is 23.6 Å². The minimum atomic E-state index is -3.91. The number of carbonyl (C=O) groups is 1. The number of rotatable bonds is 6. The van der Waals surface area contributed by atoms with Crippen molar-refractivity contribution >= 4 is 27.5 Å². The van der Waals surface area contributed by atoms with Gasteiger partial charge in [-0.1, -0.05) is 48.0 Å². The molecule has 2 aromatic rings. The molecule has 156 valence electrons. The molecule has 1 aliphatic rings. The summed E-state index contributed by atoms with van der Waals surface area (Å²) in [4.78, 5) is 14.7. The molecule has 0 aromatic heterocycles. The van der Waals surface area contributed by atoms with Gasteiger partial charge >= 0.3 is 0 Å². The van der Waals surface area contributed by atoms with E-state index in [-0.39, 0.29) is 36.1 Å². The summed E-state index contributed by atoms with van der Waals surface area (Å²) < 4.78 is 33.5. The summed E-state index contributed by atoms with van der Waals surface area (Å²) >= 11 is 6.00. The topological polar surface area (TPSA) is 66.9 Å². The van der Waals surface area contributed by atoms with Crippen LogP contribution in [0, 0.1) is 0 Å². The summed E-state index contributed by atoms with van der Waals surface area (Å²) in [6.45, 7) is 4.54. The predicted molar refractivity (Wildman–Crippen MR) is 112 cm³/mol. The molecule has 0 N–H and O–H groups in total. The van der Waals surface area contributed by atoms with Crippen molar-refractivity contribution in [1.29, 1.82) is 0 Å². The first-order chi connectivity index (χ1) is 13.8. The van der Waals surface area contributed by atoms with E-state index >= 15 is 0 Å². The average molecular weight is 437 g/mol. The summed E-state index contributed by atoms with van der Waals surface area (Å²) in [5, 5.41) is 0.327. The van der Waals surface area contributed by atoms with E-state index in [0.29, 0.717) is 18.1 Å². The Kier molecular flexibility index (Phi) is 6.95. The lowest BCUT2D eigenvalue weighted by molar-refractivity contribution is -0.143. The van der Waals surface area contributed by atoms with Gasteiger partial charge < -0.3 is 9.64 Å². The molecule has 1 fully saturated rings. The molecular weight excluding hydrogens is 412 g/mol. The second-order valence-electron chi connectivity index (χ2n) is 7.27. The molecule has 29 heavy (non-hydrogen) atoms. The van der Waals surface area contributed by atoms with E-state index in [0.717, 1.165) is 5.56 Å². The van der Waals surface area contributed by atoms with Gasteiger partial charge in [0.15, 0.2) is 0 Å². The Morgan fingerprint density at radius 3 is 2.38 bits per heavy atom. The van der Waals surface area contributed by atoms with Crippen LogP contribution in [0.2, 0.25) is 5.02 Å². The zero-order valence-corrected chi connectivity index (χ0v) is 18.1. The number of halogens is 1. The van der Waals surface area contributed by atoms with Crippen molar-refractivity contribution in [2.75, 3.05) is 19.6 Å². The number of sulfonamides is 1. The maximum absolute atomic E-state index is 13.3. The van der Waals surface area contributed by atoms with E-state index in [2.05, 4.69) is 0 Å². The fourth-order valence-corrected chi connectivity index (χ4v) is 5.10. The number of hydrogen-bond acceptors (Lipinski definition) is 4. The van der Waals surface area contributed by atoms with Crippen molar-refractivity contribution < 1.29 is 17.9 Å². The molecule has 6 nitrogen and oxygen atoms in total. The average Bonchev–Trinajstić information content (AvgIpc) is 2.67. The summed E-state index contributed by atoms with van der Waals surface area (Å²) in [5.41, 5.74) is 0.801. The molecule has 1 amide bonds. The Bertz CT molecular complexity index is 942. The molecular formula is C21H25ClN2O4S. The lowest BCUT2D eigenvalue weighted by atomic mass is 10.2. The lowest BCUT2D eigenvalue weighted by Gasteiger charge is -2.36. The molecule has 2 aromatic carbocycles. The van der Waals surface area contributed by atoms with Crippen molar-refractivity contribution in [3.8, 4) is 0 Å². The van der Waals surface area contributed by atoms with Crippen LogP contribution < -0.4 is 0 Å². The minimum absolute atomic E-state index is 0.0671. The first kappa shape index (κ1) is 21.8. The van der Waals surface area contributed by atoms with E-state index in [1.807, 2.05) is 44.2 Å². The number of benzene rings is 2. The fourth-order valence-electron chi connectivity index (χ4n) is 3.42. The van der Waals surface area contributed by atoms with Gasteiger partial charge in [0.2, 0.25) is 15.9 Å². The standard InChI is InChI=1S/C21H25ClN2O4S/c1-16-12-23(13-17(2)28-16)21(25)15-24(14-18-7-4-3-5-8-18)29(26,27)20-10-6-9-19(22)11-20/h3-11,16-17H,12-15H2,1-2H3. The van der Waals surface area contributed by atoms with Crippen LogP contribution >= 0.6 is 11.6 Å². The van der Waals surface area contributed by atoms with Gasteiger partial charge in [-0.3, -0.25) is 4.79 Å². The predicted octanol–water partition coefficient (Wildman–Crippen LogP) is 3.17. The first-order valence-electron chi connectivity index (χ1n) is 9.48. The Labute approximate surface area is 177 Å². The lowest BCUT2D eigenvalue weighted by Crippen LogP contribution is -2.51. The van der Waals surface area contributed by atoms with E-state index in [1.165, 1.54) is 16.4 Å². The second kappa shape index (κ2) is 9.26. The number of morpholine rings is 1. The monoisotopic (exact) mass is 436 g/mol. The smallest absolute Gasteiger partial charge is 0.243 e. The van der Waals surface area contributed by atoms with Crippen molar-refractivity contribution in [3.63, 3.8) is 0 Å². The van der Waals surface area contributed by atoms with Crippen LogP contribution in [-0.4, -0.2) is 55.4 Å². The van der Waals surface area contributed by atoms with Crippen LogP contribution in [0.3, 0.4) is 0 Å². The van der Waals surface area contributed by atoms with Gasteiger partial charge in [0.25, 0.3) is 0 Å². The molecule has 2 atom stereocenters. The van der Waals surface area contributed by atoms with Gasteiger partial charge in [-0.15, -0.1) is 0 Å². The van der Waals surface area contributed by atoms with Gasteiger partial charge in [0.1, 0.15) is 0 Å². The highest BCUT2D eigenvalue weighted by Crippen LogP contribution is 2.22. The van der Waals surface area contributed by atoms with Crippen molar-refractivity contribution in [2.45, 2.75) is 37.5 Å². The number of hydrogen-bond donors (Lipinski definition) is 0. The van der Waals surface area contributed by atoms with Gasteiger partial charge in [-0.05, 0) is 37.6 Å². The van der Waals surface area contributed by atoms with E-state index in [1.54, 1.807) is 17.0 Å². The number of ether oxygens (including phenoxy) is 1. The highest BCUT2D eigenvalue weighted by molar-refractivity contribution is 7.89. The molecule has 0 saturated carbocycles. The summed E-state index contributed by atoms with van der Waals surface area (Å²) in [6.07, 6.45) is -0.176. The Balaban J connectivity index is 1.88. The van der Waals surface area contributed by atoms with E-state index in [9.17, 15) is 13.2 Å². The summed E-state index contributed by atoms with van der Waals surface area (Å²) in [5.74, 6) is -0.242. The van der Waals surface area contributed by atoms with Crippen LogP contribution in [0.15, 0.2) is 59.5 Å². The molecule has 1 heterocycles. The molecule has 0 bridgehead atoms. The molecule has 0 aliphatic carbocycles. The number of carbonyl (C=O) groups excluding carboxylic acids is 1. The number of amides is 1. The fraction of sp³-hybridized carbons (Fsp3) is 0.381. The highest BCUT2D eigenvalue weighted by atomic mass is 35.5. The first-order valence-corrected chi connectivity index (χ1v) is 11.3. The molecule has 1 aliphatic heterocycles. The molecule has 2 unspecified atom stereocenters. The molecule has 0 spiro atoms. The molecule has 0 radical (unpaired) electrons. The summed E-state index contributed by atoms with van der Waals surface area (Å²) in [6, 6.07) is 15.3. The highest BCUT2D eigenvalue weighted by Gasteiger charge is 2.31. The Morgan fingerprint density at radius 2 is 1.76 bits per heavy atom. The Hall–Kier alpha value is -1.93. The van der Waals surface area contributed by atoms with Crippen LogP contribution in [0.5, 0.6) is 0 Å². The quantitative estimate of drug-likeness (QED) is 0.697. The third kappa shape index (κ3) is 5.57. The van der Waals surface area contributed by atoms with Gasteiger partial charge in [-0.25, -0.2) is 8.42 Å². The van der Waals surface area contributed by atoms with Crippen LogP contribution in [0.1, 0.15) is 19.4 Å². The largest absolute Gasteiger partial charge is 0.372 e. The third-order valence-corrected chi connectivity index (χ3v) is 6.74. The van der Waals surface area contributed by atoms with Crippen LogP contribution in [0.25, 0.3) is 0 Å². The number of nitrogens with zero attached hydrogens (tertiary/aromatic N) is 2. The van der Waals surface area contributed by atoms with E-state index < -0.39 is 10.0 Å². The SMILES string of the molecule is CC1CN(C(=O)CN(Cc2ccccc2)S(=O)(=O)c2cccc(Cl)c2)CC(C)O1. The Morgan fingerprint density at radius 1 is 1.10 bits per heavy atom. The summed E-state index contributed by atoms with van der Waals surface area (Å²) in [7, 11) is -3.91.